The van der Waals surface area contributed by atoms with Gasteiger partial charge in [-0.15, -0.1) is 5.10 Å². The van der Waals surface area contributed by atoms with Gasteiger partial charge in [0.1, 0.15) is 5.69 Å². The number of rotatable bonds is 1. The molecule has 1 aromatic carbocycles. The van der Waals surface area contributed by atoms with Gasteiger partial charge in [0, 0.05) is 11.8 Å². The number of halogens is 3. The second kappa shape index (κ2) is 4.17. The van der Waals surface area contributed by atoms with Crippen molar-refractivity contribution in [3.63, 3.8) is 0 Å². The van der Waals surface area contributed by atoms with E-state index in [1.54, 1.807) is 0 Å². The molecule has 1 heterocycles. The van der Waals surface area contributed by atoms with E-state index >= 15 is 0 Å². The molecule has 0 atom stereocenters. The molecule has 0 saturated carbocycles. The van der Waals surface area contributed by atoms with Gasteiger partial charge in [-0.1, -0.05) is 0 Å². The molecule has 4 nitrogen and oxygen atoms in total. The van der Waals surface area contributed by atoms with Crippen LogP contribution in [0, 0.1) is 24.4 Å². The van der Waals surface area contributed by atoms with Crippen molar-refractivity contribution in [2.24, 2.45) is 0 Å². The van der Waals surface area contributed by atoms with Crippen LogP contribution in [0.25, 0.3) is 5.69 Å². The summed E-state index contributed by atoms with van der Waals surface area (Å²) in [4.78, 5) is 11.2. The van der Waals surface area contributed by atoms with Gasteiger partial charge in [0.2, 0.25) is 5.43 Å². The molecule has 0 radical (unpaired) electrons. The van der Waals surface area contributed by atoms with Crippen molar-refractivity contribution >= 4 is 5.82 Å². The highest BCUT2D eigenvalue weighted by molar-refractivity contribution is 5.38. The van der Waals surface area contributed by atoms with Crippen LogP contribution in [0.3, 0.4) is 0 Å². The molecule has 7 heteroatoms. The largest absolute Gasteiger partial charge is 0.379 e. The average Bonchev–Trinajstić information content (AvgIpc) is 2.32. The summed E-state index contributed by atoms with van der Waals surface area (Å²) in [7, 11) is 0. The molecular weight excluding hydrogens is 247 g/mol. The maximum atomic E-state index is 13.6. The number of hydrogen-bond donors (Lipinski definition) is 1. The standard InChI is InChI=1S/C11H8F3N3O/c1-5-4-8(18)11(15)16-17(5)7-3-2-6(12)9(13)10(7)14/h2-4H,1H3,(H2,15,16). The Morgan fingerprint density at radius 2 is 1.89 bits per heavy atom. The molecule has 0 amide bonds. The highest BCUT2D eigenvalue weighted by atomic mass is 19.2. The zero-order valence-corrected chi connectivity index (χ0v) is 9.25. The van der Waals surface area contributed by atoms with E-state index in [2.05, 4.69) is 5.10 Å². The molecule has 2 aromatic rings. The number of aryl methyl sites for hydroxylation is 1. The predicted octanol–water partition coefficient (Wildman–Crippen LogP) is 1.54. The number of nitrogen functional groups attached to an aromatic ring is 1. The molecule has 0 aliphatic heterocycles. The van der Waals surface area contributed by atoms with E-state index in [1.807, 2.05) is 0 Å². The summed E-state index contributed by atoms with van der Waals surface area (Å²) < 4.78 is 40.4. The van der Waals surface area contributed by atoms with Gasteiger partial charge < -0.3 is 5.73 Å². The molecule has 1 aromatic heterocycles. The van der Waals surface area contributed by atoms with E-state index in [4.69, 9.17) is 5.73 Å². The third kappa shape index (κ3) is 1.83. The van der Waals surface area contributed by atoms with Crippen LogP contribution in [-0.4, -0.2) is 9.78 Å². The van der Waals surface area contributed by atoms with Crippen molar-refractivity contribution in [1.29, 1.82) is 0 Å². The fraction of sp³-hybridized carbons (Fsp3) is 0.0909. The van der Waals surface area contributed by atoms with Crippen molar-refractivity contribution in [3.8, 4) is 5.69 Å². The Hall–Kier alpha value is -2.31. The molecule has 94 valence electrons. The summed E-state index contributed by atoms with van der Waals surface area (Å²) in [5, 5.41) is 3.63. The van der Waals surface area contributed by atoms with Crippen molar-refractivity contribution in [1.82, 2.24) is 9.78 Å². The van der Waals surface area contributed by atoms with E-state index in [9.17, 15) is 18.0 Å². The summed E-state index contributed by atoms with van der Waals surface area (Å²) in [6.45, 7) is 1.47. The first kappa shape index (κ1) is 12.2. The third-order valence-electron chi connectivity index (χ3n) is 2.38. The zero-order valence-electron chi connectivity index (χ0n) is 9.25. The lowest BCUT2D eigenvalue weighted by Gasteiger charge is -2.11. The van der Waals surface area contributed by atoms with Crippen LogP contribution >= 0.6 is 0 Å². The van der Waals surface area contributed by atoms with Gasteiger partial charge in [0.25, 0.3) is 0 Å². The summed E-state index contributed by atoms with van der Waals surface area (Å²) >= 11 is 0. The van der Waals surface area contributed by atoms with Crippen LogP contribution in [0.2, 0.25) is 0 Å². The Kier molecular flexibility index (Phi) is 2.82. The number of anilines is 1. The van der Waals surface area contributed by atoms with Gasteiger partial charge in [-0.05, 0) is 19.1 Å². The summed E-state index contributed by atoms with van der Waals surface area (Å²) in [6, 6.07) is 2.91. The lowest BCUT2D eigenvalue weighted by atomic mass is 10.2. The van der Waals surface area contributed by atoms with Gasteiger partial charge in [-0.3, -0.25) is 4.79 Å². The van der Waals surface area contributed by atoms with E-state index < -0.39 is 22.9 Å². The monoisotopic (exact) mass is 255 g/mol. The average molecular weight is 255 g/mol. The van der Waals surface area contributed by atoms with E-state index in [0.29, 0.717) is 0 Å². The Morgan fingerprint density at radius 1 is 1.22 bits per heavy atom. The van der Waals surface area contributed by atoms with E-state index in [1.165, 1.54) is 6.92 Å². The van der Waals surface area contributed by atoms with Gasteiger partial charge in [0.05, 0.1) is 0 Å². The van der Waals surface area contributed by atoms with E-state index in [-0.39, 0.29) is 17.2 Å². The molecule has 0 bridgehead atoms. The normalized spacial score (nSPS) is 10.7. The Labute approximate surface area is 99.5 Å². The second-order valence-electron chi connectivity index (χ2n) is 3.64. The highest BCUT2D eigenvalue weighted by Crippen LogP contribution is 2.19. The summed E-state index contributed by atoms with van der Waals surface area (Å²) in [6.07, 6.45) is 0. The fourth-order valence-corrected chi connectivity index (χ4v) is 1.48. The molecule has 0 aliphatic rings. The van der Waals surface area contributed by atoms with Crippen LogP contribution in [-0.2, 0) is 0 Å². The van der Waals surface area contributed by atoms with Gasteiger partial charge in [0.15, 0.2) is 23.3 Å². The highest BCUT2D eigenvalue weighted by Gasteiger charge is 2.16. The first-order chi connectivity index (χ1) is 8.41. The quantitative estimate of drug-likeness (QED) is 0.786. The smallest absolute Gasteiger partial charge is 0.224 e. The van der Waals surface area contributed by atoms with Crippen LogP contribution in [0.5, 0.6) is 0 Å². The second-order valence-corrected chi connectivity index (χ2v) is 3.64. The van der Waals surface area contributed by atoms with Gasteiger partial charge in [-0.2, -0.15) is 0 Å². The summed E-state index contributed by atoms with van der Waals surface area (Å²) in [5.74, 6) is -4.66. The Morgan fingerprint density at radius 3 is 2.56 bits per heavy atom. The van der Waals surface area contributed by atoms with Crippen molar-refractivity contribution < 1.29 is 13.2 Å². The fourth-order valence-electron chi connectivity index (χ4n) is 1.48. The van der Waals surface area contributed by atoms with Crippen molar-refractivity contribution in [3.05, 3.63) is 51.6 Å². The van der Waals surface area contributed by atoms with Crippen LogP contribution in [0.4, 0.5) is 19.0 Å². The number of benzene rings is 1. The first-order valence-electron chi connectivity index (χ1n) is 4.92. The van der Waals surface area contributed by atoms with Gasteiger partial charge in [-0.25, -0.2) is 17.9 Å². The number of hydrogen-bond acceptors (Lipinski definition) is 3. The maximum absolute atomic E-state index is 13.6. The molecule has 0 unspecified atom stereocenters. The predicted molar refractivity (Wildman–Crippen MR) is 58.9 cm³/mol. The van der Waals surface area contributed by atoms with E-state index in [0.717, 1.165) is 22.9 Å². The molecule has 18 heavy (non-hydrogen) atoms. The minimum Gasteiger partial charge on any atom is -0.379 e. The summed E-state index contributed by atoms with van der Waals surface area (Å²) in [5.41, 5.74) is 4.72. The van der Waals surface area contributed by atoms with Crippen LogP contribution in [0.1, 0.15) is 5.69 Å². The first-order valence-corrected chi connectivity index (χ1v) is 4.92. The number of nitrogens with zero attached hydrogens (tertiary/aromatic N) is 2. The molecule has 0 saturated heterocycles. The SMILES string of the molecule is Cc1cc(=O)c(N)nn1-c1ccc(F)c(F)c1F. The number of nitrogens with two attached hydrogens (primary N) is 1. The Balaban J connectivity index is 2.74. The lowest BCUT2D eigenvalue weighted by Crippen LogP contribution is -2.18. The Bertz CT molecular complexity index is 682. The molecule has 0 aliphatic carbocycles. The molecule has 2 N–H and O–H groups in total. The zero-order chi connectivity index (χ0) is 13.4. The minimum absolute atomic E-state index is 0.249. The molecule has 0 fully saturated rings. The minimum atomic E-state index is -1.61. The molecule has 0 spiro atoms. The van der Waals surface area contributed by atoms with Crippen LogP contribution < -0.4 is 11.2 Å². The number of aromatic nitrogens is 2. The van der Waals surface area contributed by atoms with Crippen LogP contribution in [0.15, 0.2) is 23.0 Å². The molecular formula is C11H8F3N3O. The van der Waals surface area contributed by atoms with Gasteiger partial charge >= 0.3 is 0 Å². The molecule has 2 rings (SSSR count). The third-order valence-corrected chi connectivity index (χ3v) is 2.38. The lowest BCUT2D eigenvalue weighted by molar-refractivity contribution is 0.442. The maximum Gasteiger partial charge on any atom is 0.224 e. The van der Waals surface area contributed by atoms with Crippen molar-refractivity contribution in [2.45, 2.75) is 6.92 Å². The topological polar surface area (TPSA) is 60.9 Å². The van der Waals surface area contributed by atoms with Crippen molar-refractivity contribution in [2.75, 3.05) is 5.73 Å².